The molecule has 1 heterocycles. The largest absolute Gasteiger partial charge is 0.354 e. The lowest BCUT2D eigenvalue weighted by molar-refractivity contribution is -0.130. The van der Waals surface area contributed by atoms with Crippen LogP contribution in [0.3, 0.4) is 0 Å². The summed E-state index contributed by atoms with van der Waals surface area (Å²) in [5.41, 5.74) is 5.80. The maximum Gasteiger partial charge on any atom is 0.242 e. The summed E-state index contributed by atoms with van der Waals surface area (Å²) in [6.45, 7) is 0.714. The summed E-state index contributed by atoms with van der Waals surface area (Å²) in [4.78, 5) is 23.3. The summed E-state index contributed by atoms with van der Waals surface area (Å²) in [6, 6.07) is -0.360. The maximum absolute atomic E-state index is 11.8. The molecule has 1 aliphatic heterocycles. The highest BCUT2D eigenvalue weighted by Crippen LogP contribution is 2.29. The Morgan fingerprint density at radius 2 is 2.12 bits per heavy atom. The van der Waals surface area contributed by atoms with E-state index in [9.17, 15) is 9.59 Å². The van der Waals surface area contributed by atoms with Crippen LogP contribution in [0.15, 0.2) is 0 Å². The predicted octanol–water partition coefficient (Wildman–Crippen LogP) is 0.0428. The number of nitrogens with one attached hydrogen (secondary N) is 2. The molecule has 2 amide bonds. The number of nitrogens with two attached hydrogens (primary N) is 1. The van der Waals surface area contributed by atoms with E-state index in [-0.39, 0.29) is 23.4 Å². The van der Waals surface area contributed by atoms with Crippen LogP contribution in [0.4, 0.5) is 0 Å². The average molecular weight is 239 g/mol. The van der Waals surface area contributed by atoms with Crippen molar-refractivity contribution in [2.75, 3.05) is 6.54 Å². The molecule has 96 valence electrons. The van der Waals surface area contributed by atoms with E-state index in [0.717, 1.165) is 38.5 Å². The zero-order valence-corrected chi connectivity index (χ0v) is 10.1. The first-order valence-electron chi connectivity index (χ1n) is 6.45. The van der Waals surface area contributed by atoms with E-state index in [1.165, 1.54) is 0 Å². The van der Waals surface area contributed by atoms with Crippen molar-refractivity contribution in [2.45, 2.75) is 56.5 Å². The fourth-order valence-corrected chi connectivity index (χ4v) is 2.73. The first-order chi connectivity index (χ1) is 8.09. The first kappa shape index (κ1) is 12.4. The second-order valence-electron chi connectivity index (χ2n) is 5.30. The molecule has 0 aromatic rings. The molecule has 1 atom stereocenters. The van der Waals surface area contributed by atoms with Gasteiger partial charge in [0.05, 0.1) is 0 Å². The molecule has 2 rings (SSSR count). The summed E-state index contributed by atoms with van der Waals surface area (Å²) in [6.07, 6.45) is 6.03. The van der Waals surface area contributed by atoms with Gasteiger partial charge in [-0.05, 0) is 25.7 Å². The highest BCUT2D eigenvalue weighted by molar-refractivity contribution is 5.88. The number of amides is 2. The molecule has 1 unspecified atom stereocenters. The van der Waals surface area contributed by atoms with Crippen LogP contribution < -0.4 is 16.4 Å². The Kier molecular flexibility index (Phi) is 3.66. The molecule has 0 aromatic carbocycles. The van der Waals surface area contributed by atoms with Gasteiger partial charge in [0.1, 0.15) is 6.04 Å². The van der Waals surface area contributed by atoms with Gasteiger partial charge in [-0.25, -0.2) is 0 Å². The minimum Gasteiger partial charge on any atom is -0.354 e. The quantitative estimate of drug-likeness (QED) is 0.650. The Labute approximate surface area is 102 Å². The van der Waals surface area contributed by atoms with Gasteiger partial charge in [0.25, 0.3) is 0 Å². The van der Waals surface area contributed by atoms with Crippen LogP contribution in [0.5, 0.6) is 0 Å². The van der Waals surface area contributed by atoms with Crippen LogP contribution in [-0.4, -0.2) is 29.9 Å². The van der Waals surface area contributed by atoms with Crippen molar-refractivity contribution in [3.05, 3.63) is 0 Å². The molecule has 5 nitrogen and oxygen atoms in total. The summed E-state index contributed by atoms with van der Waals surface area (Å²) >= 11 is 0. The van der Waals surface area contributed by atoms with Crippen molar-refractivity contribution in [3.8, 4) is 0 Å². The molecule has 2 aliphatic rings. The van der Waals surface area contributed by atoms with Gasteiger partial charge in [-0.15, -0.1) is 0 Å². The van der Waals surface area contributed by atoms with Gasteiger partial charge in [-0.1, -0.05) is 12.8 Å². The molecule has 4 N–H and O–H groups in total. The third-order valence-corrected chi connectivity index (χ3v) is 3.73. The van der Waals surface area contributed by atoms with Gasteiger partial charge in [0, 0.05) is 18.5 Å². The van der Waals surface area contributed by atoms with Crippen molar-refractivity contribution in [2.24, 2.45) is 5.73 Å². The number of carbonyl (C=O) groups is 2. The Bertz CT molecular complexity index is 311. The number of rotatable bonds is 3. The standard InChI is InChI=1S/C12H21N3O2/c13-12(5-1-2-6-12)8-10(16)15-9-4-3-7-14-11(9)17/h9H,1-8,13H2,(H,14,17)(H,15,16). The minimum atomic E-state index is -0.360. The zero-order valence-electron chi connectivity index (χ0n) is 10.1. The Morgan fingerprint density at radius 1 is 1.41 bits per heavy atom. The van der Waals surface area contributed by atoms with E-state index >= 15 is 0 Å². The minimum absolute atomic E-state index is 0.0675. The Morgan fingerprint density at radius 3 is 2.76 bits per heavy atom. The number of hydrogen-bond donors (Lipinski definition) is 3. The molecule has 1 saturated heterocycles. The second kappa shape index (κ2) is 5.04. The van der Waals surface area contributed by atoms with Crippen molar-refractivity contribution < 1.29 is 9.59 Å². The van der Waals surface area contributed by atoms with Crippen LogP contribution in [0.2, 0.25) is 0 Å². The molecule has 2 fully saturated rings. The Balaban J connectivity index is 1.82. The van der Waals surface area contributed by atoms with Crippen molar-refractivity contribution >= 4 is 11.8 Å². The maximum atomic E-state index is 11.8. The lowest BCUT2D eigenvalue weighted by Gasteiger charge is -2.26. The average Bonchev–Trinajstić information content (AvgIpc) is 2.68. The molecule has 17 heavy (non-hydrogen) atoms. The summed E-state index contributed by atoms with van der Waals surface area (Å²) < 4.78 is 0. The van der Waals surface area contributed by atoms with Gasteiger partial charge in [-0.3, -0.25) is 9.59 Å². The topological polar surface area (TPSA) is 84.2 Å². The number of hydrogen-bond acceptors (Lipinski definition) is 3. The van der Waals surface area contributed by atoms with Crippen molar-refractivity contribution in [3.63, 3.8) is 0 Å². The number of carbonyl (C=O) groups excluding carboxylic acids is 2. The summed E-state index contributed by atoms with van der Waals surface area (Å²) in [7, 11) is 0. The molecular formula is C12H21N3O2. The molecule has 0 radical (unpaired) electrons. The lowest BCUT2D eigenvalue weighted by Crippen LogP contribution is -2.52. The van der Waals surface area contributed by atoms with E-state index in [2.05, 4.69) is 10.6 Å². The van der Waals surface area contributed by atoms with Crippen LogP contribution in [-0.2, 0) is 9.59 Å². The second-order valence-corrected chi connectivity index (χ2v) is 5.30. The molecular weight excluding hydrogens is 218 g/mol. The smallest absolute Gasteiger partial charge is 0.242 e. The van der Waals surface area contributed by atoms with Crippen LogP contribution in [0, 0.1) is 0 Å². The summed E-state index contributed by atoms with van der Waals surface area (Å²) in [5.74, 6) is -0.154. The van der Waals surface area contributed by atoms with Crippen molar-refractivity contribution in [1.82, 2.24) is 10.6 Å². The third-order valence-electron chi connectivity index (χ3n) is 3.73. The molecule has 1 saturated carbocycles. The molecule has 0 bridgehead atoms. The lowest BCUT2D eigenvalue weighted by atomic mass is 9.94. The third kappa shape index (κ3) is 3.19. The van der Waals surface area contributed by atoms with E-state index < -0.39 is 0 Å². The van der Waals surface area contributed by atoms with E-state index in [4.69, 9.17) is 5.73 Å². The van der Waals surface area contributed by atoms with Crippen LogP contribution >= 0.6 is 0 Å². The zero-order chi connectivity index (χ0) is 12.3. The van der Waals surface area contributed by atoms with Gasteiger partial charge in [0.2, 0.25) is 11.8 Å². The van der Waals surface area contributed by atoms with E-state index in [1.54, 1.807) is 0 Å². The molecule has 0 spiro atoms. The monoisotopic (exact) mass is 239 g/mol. The molecule has 1 aliphatic carbocycles. The fourth-order valence-electron chi connectivity index (χ4n) is 2.73. The van der Waals surface area contributed by atoms with Gasteiger partial charge in [0.15, 0.2) is 0 Å². The SMILES string of the molecule is NC1(CC(=O)NC2CCCNC2=O)CCCC1. The highest BCUT2D eigenvalue weighted by atomic mass is 16.2. The van der Waals surface area contributed by atoms with Crippen LogP contribution in [0.1, 0.15) is 44.9 Å². The van der Waals surface area contributed by atoms with Gasteiger partial charge >= 0.3 is 0 Å². The normalized spacial score (nSPS) is 27.6. The highest BCUT2D eigenvalue weighted by Gasteiger charge is 2.33. The van der Waals surface area contributed by atoms with E-state index in [0.29, 0.717) is 13.0 Å². The molecule has 0 aromatic heterocycles. The van der Waals surface area contributed by atoms with Gasteiger partial charge < -0.3 is 16.4 Å². The Hall–Kier alpha value is -1.10. The van der Waals surface area contributed by atoms with E-state index in [1.807, 2.05) is 0 Å². The predicted molar refractivity (Wildman–Crippen MR) is 64.2 cm³/mol. The van der Waals surface area contributed by atoms with Crippen LogP contribution in [0.25, 0.3) is 0 Å². The van der Waals surface area contributed by atoms with Gasteiger partial charge in [-0.2, -0.15) is 0 Å². The molecule has 5 heteroatoms. The summed E-state index contributed by atoms with van der Waals surface area (Å²) in [5, 5.41) is 5.55. The number of piperidine rings is 1. The fraction of sp³-hybridized carbons (Fsp3) is 0.833. The first-order valence-corrected chi connectivity index (χ1v) is 6.45. The van der Waals surface area contributed by atoms with Crippen molar-refractivity contribution in [1.29, 1.82) is 0 Å².